The molecular weight excluding hydrogens is 361 g/mol. The van der Waals surface area contributed by atoms with Crippen LogP contribution in [0.5, 0.6) is 0 Å². The van der Waals surface area contributed by atoms with E-state index >= 15 is 0 Å². The van der Waals surface area contributed by atoms with Crippen molar-refractivity contribution in [3.05, 3.63) is 71.5 Å². The van der Waals surface area contributed by atoms with Crippen LogP contribution in [0.15, 0.2) is 54.6 Å². The Kier molecular flexibility index (Phi) is 6.33. The lowest BCUT2D eigenvalue weighted by Crippen LogP contribution is -2.49. The molecule has 1 saturated heterocycles. The lowest BCUT2D eigenvalue weighted by atomic mass is 9.73. The van der Waals surface area contributed by atoms with Gasteiger partial charge in [-0.2, -0.15) is 0 Å². The Morgan fingerprint density at radius 2 is 1.79 bits per heavy atom. The van der Waals surface area contributed by atoms with E-state index in [-0.39, 0.29) is 17.3 Å². The Hall–Kier alpha value is -1.75. The van der Waals surface area contributed by atoms with Gasteiger partial charge in [0.15, 0.2) is 0 Å². The molecule has 2 aliphatic rings. The second-order valence-electron chi connectivity index (χ2n) is 9.32. The minimum absolute atomic E-state index is 0.156. The maximum atomic E-state index is 13.4. The molecule has 1 heterocycles. The first-order valence-electron chi connectivity index (χ1n) is 11.0. The van der Waals surface area contributed by atoms with E-state index in [1.54, 1.807) is 12.1 Å². The van der Waals surface area contributed by atoms with Crippen molar-refractivity contribution >= 4 is 0 Å². The molecule has 4 heteroatoms. The van der Waals surface area contributed by atoms with Crippen LogP contribution in [0.4, 0.5) is 4.39 Å². The van der Waals surface area contributed by atoms with Crippen LogP contribution in [-0.2, 0) is 6.42 Å². The smallest absolute Gasteiger partial charge is 0.123 e. The maximum Gasteiger partial charge on any atom is 0.123 e. The molecule has 1 aliphatic carbocycles. The molecule has 1 aliphatic heterocycles. The highest BCUT2D eigenvalue weighted by molar-refractivity contribution is 5.28. The predicted molar refractivity (Wildman–Crippen MR) is 117 cm³/mol. The van der Waals surface area contributed by atoms with Gasteiger partial charge in [-0.05, 0) is 74.4 Å². The Bertz CT molecular complexity index is 766. The van der Waals surface area contributed by atoms with Gasteiger partial charge in [-0.15, -0.1) is 0 Å². The summed E-state index contributed by atoms with van der Waals surface area (Å²) in [5.41, 5.74) is 8.94. The first-order valence-corrected chi connectivity index (χ1v) is 11.0. The third kappa shape index (κ3) is 5.44. The molecule has 1 saturated carbocycles. The maximum absolute atomic E-state index is 13.4. The van der Waals surface area contributed by atoms with E-state index in [2.05, 4.69) is 47.5 Å². The molecule has 0 unspecified atom stereocenters. The highest BCUT2D eigenvalue weighted by Gasteiger charge is 2.41. The minimum Gasteiger partial charge on any atom is -0.327 e. The predicted octanol–water partition coefficient (Wildman–Crippen LogP) is 3.94. The van der Waals surface area contributed by atoms with Crippen LogP contribution in [0.1, 0.15) is 43.2 Å². The molecule has 3 N–H and O–H groups in total. The third-order valence-electron chi connectivity index (χ3n) is 6.71. The fourth-order valence-corrected chi connectivity index (χ4v) is 4.91. The van der Waals surface area contributed by atoms with Gasteiger partial charge in [0.25, 0.3) is 0 Å². The summed E-state index contributed by atoms with van der Waals surface area (Å²) in [6, 6.07) is 18.7. The van der Waals surface area contributed by atoms with E-state index < -0.39 is 0 Å². The van der Waals surface area contributed by atoms with E-state index in [1.165, 1.54) is 17.5 Å². The molecule has 29 heavy (non-hydrogen) atoms. The molecular formula is C25H34FN3. The average molecular weight is 396 g/mol. The van der Waals surface area contributed by atoms with Gasteiger partial charge in [0.1, 0.15) is 5.82 Å². The van der Waals surface area contributed by atoms with Gasteiger partial charge < -0.3 is 16.0 Å². The van der Waals surface area contributed by atoms with Gasteiger partial charge >= 0.3 is 0 Å². The monoisotopic (exact) mass is 395 g/mol. The number of hydrogen-bond acceptors (Lipinski definition) is 3. The topological polar surface area (TPSA) is 41.3 Å². The van der Waals surface area contributed by atoms with Crippen molar-refractivity contribution in [2.75, 3.05) is 26.2 Å². The first-order chi connectivity index (χ1) is 14.0. The summed E-state index contributed by atoms with van der Waals surface area (Å²) in [5, 5.41) is 3.89. The number of likely N-dealkylation sites (tertiary alicyclic amines) is 1. The van der Waals surface area contributed by atoms with Gasteiger partial charge in [-0.25, -0.2) is 4.39 Å². The van der Waals surface area contributed by atoms with Crippen molar-refractivity contribution in [1.82, 2.24) is 10.2 Å². The van der Waals surface area contributed by atoms with Gasteiger partial charge in [0.05, 0.1) is 0 Å². The van der Waals surface area contributed by atoms with Crippen LogP contribution >= 0.6 is 0 Å². The summed E-state index contributed by atoms with van der Waals surface area (Å²) in [6.45, 7) is 6.27. The number of rotatable bonds is 8. The second kappa shape index (κ2) is 8.95. The lowest BCUT2D eigenvalue weighted by molar-refractivity contribution is 0.0978. The molecule has 2 fully saturated rings. The number of nitrogens with zero attached hydrogens (tertiary/aromatic N) is 1. The van der Waals surface area contributed by atoms with Crippen LogP contribution in [0.2, 0.25) is 0 Å². The standard InChI is InChI=1S/C25H34FN3/c1-19(27)17-29-13-11-25(12-14-29,16-20-7-9-22(26)10-8-20)18-28-24-15-23(24)21-5-3-2-4-6-21/h2-10,19,23-24,28H,11-18,27H2,1H3/t19-,23+,24-/m1/s1. The van der Waals surface area contributed by atoms with Crippen molar-refractivity contribution in [3.8, 4) is 0 Å². The van der Waals surface area contributed by atoms with E-state index in [9.17, 15) is 4.39 Å². The highest BCUT2D eigenvalue weighted by atomic mass is 19.1. The summed E-state index contributed by atoms with van der Waals surface area (Å²) in [5.74, 6) is 0.494. The van der Waals surface area contributed by atoms with Gasteiger partial charge in [0.2, 0.25) is 0 Å². The molecule has 2 aromatic carbocycles. The Morgan fingerprint density at radius 1 is 1.10 bits per heavy atom. The number of piperidine rings is 1. The molecule has 0 bridgehead atoms. The number of hydrogen-bond donors (Lipinski definition) is 2. The zero-order valence-electron chi connectivity index (χ0n) is 17.5. The Balaban J connectivity index is 1.39. The van der Waals surface area contributed by atoms with Crippen molar-refractivity contribution in [3.63, 3.8) is 0 Å². The van der Waals surface area contributed by atoms with Crippen LogP contribution in [-0.4, -0.2) is 43.2 Å². The quantitative estimate of drug-likeness (QED) is 0.711. The van der Waals surface area contributed by atoms with E-state index in [0.29, 0.717) is 12.0 Å². The minimum atomic E-state index is -0.156. The summed E-state index contributed by atoms with van der Waals surface area (Å²) in [4.78, 5) is 2.50. The summed E-state index contributed by atoms with van der Waals surface area (Å²) >= 11 is 0. The number of nitrogens with one attached hydrogen (secondary N) is 1. The third-order valence-corrected chi connectivity index (χ3v) is 6.71. The molecule has 2 aromatic rings. The average Bonchev–Trinajstić information content (AvgIpc) is 3.50. The zero-order valence-corrected chi connectivity index (χ0v) is 17.5. The van der Waals surface area contributed by atoms with Gasteiger partial charge in [-0.3, -0.25) is 0 Å². The fraction of sp³-hybridized carbons (Fsp3) is 0.520. The largest absolute Gasteiger partial charge is 0.327 e. The molecule has 4 rings (SSSR count). The van der Waals surface area contributed by atoms with Crippen LogP contribution in [0.3, 0.4) is 0 Å². The summed E-state index contributed by atoms with van der Waals surface area (Å²) < 4.78 is 13.4. The highest BCUT2D eigenvalue weighted by Crippen LogP contribution is 2.42. The molecule has 0 radical (unpaired) electrons. The van der Waals surface area contributed by atoms with Crippen LogP contribution in [0.25, 0.3) is 0 Å². The molecule has 0 aromatic heterocycles. The van der Waals surface area contributed by atoms with Crippen LogP contribution < -0.4 is 11.1 Å². The molecule has 0 spiro atoms. The van der Waals surface area contributed by atoms with Crippen molar-refractivity contribution < 1.29 is 4.39 Å². The Labute approximate surface area is 174 Å². The van der Waals surface area contributed by atoms with E-state index in [0.717, 1.165) is 45.4 Å². The number of halogens is 1. The summed E-state index contributed by atoms with van der Waals surface area (Å²) in [7, 11) is 0. The van der Waals surface area contributed by atoms with Crippen LogP contribution in [0, 0.1) is 11.2 Å². The van der Waals surface area contributed by atoms with E-state index in [1.807, 2.05) is 12.1 Å². The van der Waals surface area contributed by atoms with E-state index in [4.69, 9.17) is 5.73 Å². The summed E-state index contributed by atoms with van der Waals surface area (Å²) in [6.07, 6.45) is 4.56. The normalized spacial score (nSPS) is 24.9. The van der Waals surface area contributed by atoms with Gasteiger partial charge in [0, 0.05) is 31.1 Å². The fourth-order valence-electron chi connectivity index (χ4n) is 4.91. The number of benzene rings is 2. The second-order valence-corrected chi connectivity index (χ2v) is 9.32. The lowest BCUT2D eigenvalue weighted by Gasteiger charge is -2.43. The molecule has 156 valence electrons. The number of nitrogens with two attached hydrogens (primary N) is 1. The SMILES string of the molecule is C[C@@H](N)CN1CCC(CN[C@@H]2C[C@H]2c2ccccc2)(Cc2ccc(F)cc2)CC1. The zero-order chi connectivity index (χ0) is 20.3. The molecule has 3 atom stereocenters. The van der Waals surface area contributed by atoms with Crippen molar-refractivity contribution in [2.45, 2.75) is 50.6 Å². The van der Waals surface area contributed by atoms with Crippen molar-refractivity contribution in [1.29, 1.82) is 0 Å². The molecule has 3 nitrogen and oxygen atoms in total. The molecule has 0 amide bonds. The first kappa shape index (κ1) is 20.5. The van der Waals surface area contributed by atoms with Gasteiger partial charge in [-0.1, -0.05) is 42.5 Å². The Morgan fingerprint density at radius 3 is 2.45 bits per heavy atom. The van der Waals surface area contributed by atoms with Crippen molar-refractivity contribution in [2.24, 2.45) is 11.1 Å².